The molecule has 0 bridgehead atoms. The summed E-state index contributed by atoms with van der Waals surface area (Å²) in [6.45, 7) is 5.31. The van der Waals surface area contributed by atoms with Crippen molar-refractivity contribution in [2.45, 2.75) is 263 Å². The summed E-state index contributed by atoms with van der Waals surface area (Å²) < 4.78 is 32.9. The number of rotatable bonds is 49. The molecule has 59 heavy (non-hydrogen) atoms. The van der Waals surface area contributed by atoms with E-state index in [9.17, 15) is 19.0 Å². The molecular formula is C49H96NO8P. The van der Waals surface area contributed by atoms with Crippen molar-refractivity contribution in [1.82, 2.24) is 0 Å². The number of hydrogen-bond acceptors (Lipinski definition) is 8. The zero-order valence-electron chi connectivity index (χ0n) is 38.6. The zero-order valence-corrected chi connectivity index (χ0v) is 39.5. The van der Waals surface area contributed by atoms with Gasteiger partial charge >= 0.3 is 19.8 Å². The fourth-order valence-corrected chi connectivity index (χ4v) is 8.32. The maximum absolute atomic E-state index is 12.6. The molecule has 0 aromatic heterocycles. The van der Waals surface area contributed by atoms with Crippen LogP contribution < -0.4 is 5.73 Å². The first-order chi connectivity index (χ1) is 28.8. The number of carbonyl (C=O) groups is 2. The third kappa shape index (κ3) is 46.1. The number of allylic oxidation sites excluding steroid dienone is 1. The summed E-state index contributed by atoms with van der Waals surface area (Å²) in [5.74, 6) is -0.815. The van der Waals surface area contributed by atoms with Crippen LogP contribution in [0.25, 0.3) is 0 Å². The van der Waals surface area contributed by atoms with Crippen LogP contribution in [0.1, 0.15) is 257 Å². The fraction of sp³-hybridized carbons (Fsp3) is 0.918. The smallest absolute Gasteiger partial charge is 0.462 e. The number of nitrogens with two attached hydrogens (primary N) is 1. The van der Waals surface area contributed by atoms with E-state index in [1.54, 1.807) is 0 Å². The Kier molecular flexibility index (Phi) is 45.3. The molecule has 0 saturated carbocycles. The van der Waals surface area contributed by atoms with E-state index in [0.717, 1.165) is 44.9 Å². The largest absolute Gasteiger partial charge is 0.472 e. The van der Waals surface area contributed by atoms with Gasteiger partial charge in [-0.3, -0.25) is 18.6 Å². The van der Waals surface area contributed by atoms with Gasteiger partial charge in [0.25, 0.3) is 0 Å². The van der Waals surface area contributed by atoms with Gasteiger partial charge in [-0.2, -0.15) is 0 Å². The average molecular weight is 858 g/mol. The Hall–Kier alpha value is -1.25. The molecule has 9 nitrogen and oxygen atoms in total. The Morgan fingerprint density at radius 3 is 1.22 bits per heavy atom. The van der Waals surface area contributed by atoms with Gasteiger partial charge in [0.05, 0.1) is 13.2 Å². The topological polar surface area (TPSA) is 134 Å². The molecule has 1 unspecified atom stereocenters. The summed E-state index contributed by atoms with van der Waals surface area (Å²) in [6.07, 6.45) is 48.6. The number of ether oxygens (including phenoxy) is 2. The maximum atomic E-state index is 12.6. The van der Waals surface area contributed by atoms with E-state index < -0.39 is 26.5 Å². The van der Waals surface area contributed by atoms with E-state index in [0.29, 0.717) is 6.42 Å². The van der Waals surface area contributed by atoms with Crippen LogP contribution >= 0.6 is 7.82 Å². The Balaban J connectivity index is 3.95. The van der Waals surface area contributed by atoms with Crippen LogP contribution in [-0.4, -0.2) is 49.3 Å². The highest BCUT2D eigenvalue weighted by molar-refractivity contribution is 7.47. The van der Waals surface area contributed by atoms with Gasteiger partial charge < -0.3 is 20.1 Å². The van der Waals surface area contributed by atoms with Crippen molar-refractivity contribution in [1.29, 1.82) is 0 Å². The van der Waals surface area contributed by atoms with Crippen LogP contribution in [0.3, 0.4) is 0 Å². The highest BCUT2D eigenvalue weighted by Gasteiger charge is 2.26. The minimum atomic E-state index is -4.38. The lowest BCUT2D eigenvalue weighted by Gasteiger charge is -2.19. The molecule has 0 spiro atoms. The number of phosphoric acid groups is 1. The SMILES string of the molecule is C=CCCCCCCCCCCCCCCCC(=O)O[C@@H](COC(=O)CCCCCCCCCCCCCCCCCCCCCCCCC)COP(=O)(O)OCCN. The van der Waals surface area contributed by atoms with E-state index in [1.807, 2.05) is 6.08 Å². The van der Waals surface area contributed by atoms with Crippen molar-refractivity contribution in [3.63, 3.8) is 0 Å². The monoisotopic (exact) mass is 858 g/mol. The van der Waals surface area contributed by atoms with Gasteiger partial charge in [-0.05, 0) is 25.7 Å². The molecule has 0 rings (SSSR count). The van der Waals surface area contributed by atoms with Crippen LogP contribution in [0.15, 0.2) is 12.7 Å². The van der Waals surface area contributed by atoms with E-state index in [4.69, 9.17) is 24.3 Å². The molecule has 0 aromatic carbocycles. The van der Waals surface area contributed by atoms with Crippen molar-refractivity contribution >= 4 is 19.8 Å². The van der Waals surface area contributed by atoms with E-state index in [1.165, 1.54) is 186 Å². The predicted octanol–water partition coefficient (Wildman–Crippen LogP) is 15.0. The van der Waals surface area contributed by atoms with Gasteiger partial charge in [-0.25, -0.2) is 4.57 Å². The highest BCUT2D eigenvalue weighted by Crippen LogP contribution is 2.43. The number of carbonyl (C=O) groups excluding carboxylic acids is 2. The molecule has 0 aromatic rings. The van der Waals surface area contributed by atoms with Crippen molar-refractivity contribution in [2.75, 3.05) is 26.4 Å². The summed E-state index contributed by atoms with van der Waals surface area (Å²) in [4.78, 5) is 35.0. The zero-order chi connectivity index (χ0) is 43.2. The summed E-state index contributed by atoms with van der Waals surface area (Å²) in [6, 6.07) is 0. The summed E-state index contributed by atoms with van der Waals surface area (Å²) in [5, 5.41) is 0. The Morgan fingerprint density at radius 2 is 0.864 bits per heavy atom. The maximum Gasteiger partial charge on any atom is 0.472 e. The van der Waals surface area contributed by atoms with Crippen LogP contribution in [0.5, 0.6) is 0 Å². The first kappa shape index (κ1) is 57.8. The molecule has 350 valence electrons. The highest BCUT2D eigenvalue weighted by atomic mass is 31.2. The summed E-state index contributed by atoms with van der Waals surface area (Å²) in [7, 11) is -4.38. The average Bonchev–Trinajstić information content (AvgIpc) is 3.22. The fourth-order valence-electron chi connectivity index (χ4n) is 7.56. The van der Waals surface area contributed by atoms with E-state index in [2.05, 4.69) is 13.5 Å². The summed E-state index contributed by atoms with van der Waals surface area (Å²) >= 11 is 0. The lowest BCUT2D eigenvalue weighted by molar-refractivity contribution is -0.161. The molecule has 10 heteroatoms. The molecule has 2 atom stereocenters. The molecule has 0 saturated heterocycles. The molecular weight excluding hydrogens is 762 g/mol. The first-order valence-corrected chi connectivity index (χ1v) is 26.6. The molecule has 0 aliphatic carbocycles. The predicted molar refractivity (Wildman–Crippen MR) is 248 cm³/mol. The van der Waals surface area contributed by atoms with Crippen LogP contribution in [0.2, 0.25) is 0 Å². The quantitative estimate of drug-likeness (QED) is 0.0265. The molecule has 0 aliphatic rings. The number of unbranched alkanes of at least 4 members (excludes halogenated alkanes) is 35. The standard InChI is InChI=1S/C49H96NO8P/c1-3-5-7-9-11-13-15-17-19-20-21-22-23-24-25-26-28-29-31-33-35-37-39-41-48(51)55-45-47(46-57-59(53,54)56-44-43-50)58-49(52)42-40-38-36-34-32-30-27-18-16-14-12-10-8-6-4-2/h4,47H,2-3,5-46,50H2,1H3,(H,53,54)/t47-/m0/s1. The minimum absolute atomic E-state index is 0.0560. The summed E-state index contributed by atoms with van der Waals surface area (Å²) in [5.41, 5.74) is 5.36. The lowest BCUT2D eigenvalue weighted by Crippen LogP contribution is -2.29. The third-order valence-electron chi connectivity index (χ3n) is 11.3. The van der Waals surface area contributed by atoms with Gasteiger partial charge in [0.15, 0.2) is 6.10 Å². The Labute approximate surface area is 364 Å². The molecule has 0 amide bonds. The van der Waals surface area contributed by atoms with Crippen LogP contribution in [0, 0.1) is 0 Å². The molecule has 3 N–H and O–H groups in total. The Bertz CT molecular complexity index is 966. The second-order valence-corrected chi connectivity index (χ2v) is 18.6. The molecule has 0 aliphatic heterocycles. The third-order valence-corrected chi connectivity index (χ3v) is 12.3. The van der Waals surface area contributed by atoms with E-state index in [-0.39, 0.29) is 38.6 Å². The van der Waals surface area contributed by atoms with Crippen molar-refractivity contribution in [2.24, 2.45) is 5.73 Å². The van der Waals surface area contributed by atoms with Gasteiger partial charge in [0, 0.05) is 19.4 Å². The van der Waals surface area contributed by atoms with Crippen LogP contribution in [-0.2, 0) is 32.7 Å². The normalized spacial score (nSPS) is 13.0. The van der Waals surface area contributed by atoms with Gasteiger partial charge in [0.1, 0.15) is 6.61 Å². The number of esters is 2. The molecule has 0 heterocycles. The number of phosphoric ester groups is 1. The van der Waals surface area contributed by atoms with Gasteiger partial charge in [-0.15, -0.1) is 6.58 Å². The molecule has 0 fully saturated rings. The van der Waals surface area contributed by atoms with Crippen molar-refractivity contribution < 1.29 is 37.6 Å². The van der Waals surface area contributed by atoms with E-state index >= 15 is 0 Å². The molecule has 0 radical (unpaired) electrons. The van der Waals surface area contributed by atoms with Gasteiger partial charge in [0.2, 0.25) is 0 Å². The van der Waals surface area contributed by atoms with Crippen molar-refractivity contribution in [3.05, 3.63) is 12.7 Å². The number of hydrogen-bond donors (Lipinski definition) is 2. The second kappa shape index (κ2) is 46.3. The first-order valence-electron chi connectivity index (χ1n) is 25.1. The van der Waals surface area contributed by atoms with Gasteiger partial charge in [-0.1, -0.05) is 225 Å². The lowest BCUT2D eigenvalue weighted by atomic mass is 10.0. The second-order valence-electron chi connectivity index (χ2n) is 17.1. The Morgan fingerprint density at radius 1 is 0.525 bits per heavy atom. The van der Waals surface area contributed by atoms with Crippen LogP contribution in [0.4, 0.5) is 0 Å². The van der Waals surface area contributed by atoms with Crippen molar-refractivity contribution in [3.8, 4) is 0 Å². The minimum Gasteiger partial charge on any atom is -0.462 e.